The monoisotopic (exact) mass is 266 g/mol. The Bertz CT molecular complexity index is 309. The minimum Gasteiger partial charge on any atom is -0.378 e. The highest BCUT2D eigenvalue weighted by Crippen LogP contribution is 2.43. The van der Waals surface area contributed by atoms with E-state index in [9.17, 15) is 0 Å². The number of allylic oxidation sites excluding steroid dienone is 2. The van der Waals surface area contributed by atoms with E-state index in [-0.39, 0.29) is 6.29 Å². The molecule has 2 saturated heterocycles. The normalized spacial score (nSPS) is 40.7. The van der Waals surface area contributed by atoms with Gasteiger partial charge < -0.3 is 14.2 Å². The maximum absolute atomic E-state index is 5.98. The van der Waals surface area contributed by atoms with Gasteiger partial charge in [-0.25, -0.2) is 0 Å². The molecule has 108 valence electrons. The third kappa shape index (κ3) is 3.21. The fourth-order valence-electron chi connectivity index (χ4n) is 4.00. The van der Waals surface area contributed by atoms with E-state index >= 15 is 0 Å². The standard InChI is InChI=1S/C16H26O3/c1-2-4-12-10-15-13(5-3-6-17-15)9-14(12)11-16-18-7-8-19-16/h2,4,12-16H,3,5-11H2,1H3/b4-2-/t12-,13-,14+,15+/m1/s1. The third-order valence-corrected chi connectivity index (χ3v) is 4.92. The lowest BCUT2D eigenvalue weighted by Crippen LogP contribution is -2.40. The van der Waals surface area contributed by atoms with E-state index in [1.165, 1.54) is 25.7 Å². The lowest BCUT2D eigenvalue weighted by molar-refractivity contribution is -0.0971. The fraction of sp³-hybridized carbons (Fsp3) is 0.875. The molecule has 1 aliphatic carbocycles. The molecule has 0 radical (unpaired) electrons. The average Bonchev–Trinajstić information content (AvgIpc) is 2.93. The summed E-state index contributed by atoms with van der Waals surface area (Å²) in [6, 6.07) is 0. The molecule has 0 unspecified atom stereocenters. The Hall–Kier alpha value is -0.380. The predicted molar refractivity (Wildman–Crippen MR) is 73.8 cm³/mol. The Labute approximate surface area is 116 Å². The SMILES string of the molecule is C/C=C\[C@@H]1C[C@@H]2OCCC[C@@H]2C[C@H]1CC1OCCO1. The van der Waals surface area contributed by atoms with Crippen molar-refractivity contribution in [3.05, 3.63) is 12.2 Å². The zero-order valence-electron chi connectivity index (χ0n) is 11.9. The minimum absolute atomic E-state index is 0.0406. The van der Waals surface area contributed by atoms with E-state index in [4.69, 9.17) is 14.2 Å². The van der Waals surface area contributed by atoms with Gasteiger partial charge in [-0.05, 0) is 50.4 Å². The van der Waals surface area contributed by atoms with Crippen molar-refractivity contribution in [1.29, 1.82) is 0 Å². The van der Waals surface area contributed by atoms with Crippen molar-refractivity contribution in [2.45, 2.75) is 51.4 Å². The van der Waals surface area contributed by atoms with Crippen LogP contribution >= 0.6 is 0 Å². The number of ether oxygens (including phenoxy) is 3. The van der Waals surface area contributed by atoms with Crippen molar-refractivity contribution in [3.8, 4) is 0 Å². The molecule has 0 aromatic carbocycles. The van der Waals surface area contributed by atoms with E-state index in [1.54, 1.807) is 0 Å². The van der Waals surface area contributed by atoms with Gasteiger partial charge in [0.05, 0.1) is 19.3 Å². The molecule has 0 aromatic heterocycles. The van der Waals surface area contributed by atoms with Gasteiger partial charge in [0.15, 0.2) is 6.29 Å². The highest BCUT2D eigenvalue weighted by atomic mass is 16.7. The van der Waals surface area contributed by atoms with Crippen LogP contribution in [0.2, 0.25) is 0 Å². The Morgan fingerprint density at radius 3 is 2.68 bits per heavy atom. The molecule has 2 heterocycles. The van der Waals surface area contributed by atoms with Crippen molar-refractivity contribution in [1.82, 2.24) is 0 Å². The van der Waals surface area contributed by atoms with E-state index in [0.29, 0.717) is 17.9 Å². The molecule has 2 aliphatic heterocycles. The second kappa shape index (κ2) is 6.38. The second-order valence-electron chi connectivity index (χ2n) is 6.14. The number of hydrogen-bond donors (Lipinski definition) is 0. The van der Waals surface area contributed by atoms with Crippen LogP contribution < -0.4 is 0 Å². The van der Waals surface area contributed by atoms with Gasteiger partial charge in [0, 0.05) is 13.0 Å². The smallest absolute Gasteiger partial charge is 0.158 e. The van der Waals surface area contributed by atoms with Gasteiger partial charge in [-0.3, -0.25) is 0 Å². The van der Waals surface area contributed by atoms with Crippen LogP contribution in [-0.2, 0) is 14.2 Å². The van der Waals surface area contributed by atoms with Crippen LogP contribution in [0.1, 0.15) is 39.0 Å². The van der Waals surface area contributed by atoms with Crippen LogP contribution in [0.15, 0.2) is 12.2 Å². The lowest BCUT2D eigenvalue weighted by atomic mass is 9.69. The fourth-order valence-corrected chi connectivity index (χ4v) is 4.00. The summed E-state index contributed by atoms with van der Waals surface area (Å²) in [6.45, 7) is 4.61. The summed E-state index contributed by atoms with van der Waals surface area (Å²) in [4.78, 5) is 0. The van der Waals surface area contributed by atoms with Crippen molar-refractivity contribution in [2.75, 3.05) is 19.8 Å². The first-order valence-electron chi connectivity index (χ1n) is 7.84. The second-order valence-corrected chi connectivity index (χ2v) is 6.14. The molecule has 4 atom stereocenters. The first kappa shape index (κ1) is 13.6. The summed E-state index contributed by atoms with van der Waals surface area (Å²) in [5, 5.41) is 0. The van der Waals surface area contributed by atoms with Gasteiger partial charge in [0.1, 0.15) is 0 Å². The summed E-state index contributed by atoms with van der Waals surface area (Å²) >= 11 is 0. The minimum atomic E-state index is 0.0406. The summed E-state index contributed by atoms with van der Waals surface area (Å²) in [5.74, 6) is 2.10. The van der Waals surface area contributed by atoms with E-state index in [1.807, 2.05) is 0 Å². The third-order valence-electron chi connectivity index (χ3n) is 4.92. The Morgan fingerprint density at radius 1 is 1.05 bits per heavy atom. The average molecular weight is 266 g/mol. The molecule has 0 aromatic rings. The highest BCUT2D eigenvalue weighted by molar-refractivity contribution is 4.97. The van der Waals surface area contributed by atoms with Gasteiger partial charge in [0.2, 0.25) is 0 Å². The predicted octanol–water partition coefficient (Wildman–Crippen LogP) is 3.15. The topological polar surface area (TPSA) is 27.7 Å². The van der Waals surface area contributed by atoms with Crippen LogP contribution in [0, 0.1) is 17.8 Å². The maximum Gasteiger partial charge on any atom is 0.158 e. The van der Waals surface area contributed by atoms with Crippen LogP contribution in [0.4, 0.5) is 0 Å². The molecule has 0 amide bonds. The van der Waals surface area contributed by atoms with Gasteiger partial charge in [-0.2, -0.15) is 0 Å². The van der Waals surface area contributed by atoms with Crippen LogP contribution in [0.25, 0.3) is 0 Å². The van der Waals surface area contributed by atoms with Crippen LogP contribution in [0.3, 0.4) is 0 Å². The summed E-state index contributed by atoms with van der Waals surface area (Å²) in [6.07, 6.45) is 11.2. The Morgan fingerprint density at radius 2 is 1.89 bits per heavy atom. The molecule has 3 aliphatic rings. The van der Waals surface area contributed by atoms with Crippen molar-refractivity contribution >= 4 is 0 Å². The Kier molecular flexibility index (Phi) is 4.57. The van der Waals surface area contributed by atoms with E-state index in [0.717, 1.165) is 32.2 Å². The molecule has 19 heavy (non-hydrogen) atoms. The summed E-state index contributed by atoms with van der Waals surface area (Å²) < 4.78 is 17.3. The molecule has 0 bridgehead atoms. The van der Waals surface area contributed by atoms with Crippen LogP contribution in [-0.4, -0.2) is 32.2 Å². The summed E-state index contributed by atoms with van der Waals surface area (Å²) in [5.41, 5.74) is 0. The van der Waals surface area contributed by atoms with Gasteiger partial charge in [-0.15, -0.1) is 0 Å². The molecule has 3 nitrogen and oxygen atoms in total. The molecule has 0 N–H and O–H groups in total. The maximum atomic E-state index is 5.98. The first-order chi connectivity index (χ1) is 9.36. The zero-order valence-corrected chi connectivity index (χ0v) is 11.9. The summed E-state index contributed by atoms with van der Waals surface area (Å²) in [7, 11) is 0. The Balaban J connectivity index is 1.64. The van der Waals surface area contributed by atoms with Crippen molar-refractivity contribution < 1.29 is 14.2 Å². The van der Waals surface area contributed by atoms with Crippen molar-refractivity contribution in [2.24, 2.45) is 17.8 Å². The van der Waals surface area contributed by atoms with E-state index < -0.39 is 0 Å². The molecule has 3 heteroatoms. The quantitative estimate of drug-likeness (QED) is 0.734. The molecular formula is C16H26O3. The van der Waals surface area contributed by atoms with Crippen LogP contribution in [0.5, 0.6) is 0 Å². The van der Waals surface area contributed by atoms with Crippen molar-refractivity contribution in [3.63, 3.8) is 0 Å². The molecular weight excluding hydrogens is 240 g/mol. The zero-order chi connectivity index (χ0) is 13.1. The van der Waals surface area contributed by atoms with Gasteiger partial charge >= 0.3 is 0 Å². The largest absolute Gasteiger partial charge is 0.378 e. The van der Waals surface area contributed by atoms with Gasteiger partial charge in [-0.1, -0.05) is 12.2 Å². The lowest BCUT2D eigenvalue weighted by Gasteiger charge is -2.43. The number of fused-ring (bicyclic) bond motifs is 1. The number of rotatable bonds is 3. The van der Waals surface area contributed by atoms with Gasteiger partial charge in [0.25, 0.3) is 0 Å². The number of hydrogen-bond acceptors (Lipinski definition) is 3. The highest BCUT2D eigenvalue weighted by Gasteiger charge is 2.39. The molecule has 1 saturated carbocycles. The first-order valence-corrected chi connectivity index (χ1v) is 7.84. The molecule has 3 rings (SSSR count). The molecule has 0 spiro atoms. The van der Waals surface area contributed by atoms with E-state index in [2.05, 4.69) is 19.1 Å². The molecule has 3 fully saturated rings.